The van der Waals surface area contributed by atoms with E-state index in [9.17, 15) is 18.3 Å². The highest BCUT2D eigenvalue weighted by atomic mass is 32.3. The zero-order valence-electron chi connectivity index (χ0n) is 14.9. The van der Waals surface area contributed by atoms with Gasteiger partial charge in [-0.3, -0.25) is 4.55 Å². The number of rotatable bonds is 8. The van der Waals surface area contributed by atoms with Crippen LogP contribution in [0.4, 0.5) is 0 Å². The molecule has 1 atom stereocenters. The van der Waals surface area contributed by atoms with Gasteiger partial charge < -0.3 is 14.0 Å². The lowest BCUT2D eigenvalue weighted by Crippen LogP contribution is -2.28. The van der Waals surface area contributed by atoms with Crippen molar-refractivity contribution >= 4 is 16.4 Å². The van der Waals surface area contributed by atoms with Crippen LogP contribution in [0.25, 0.3) is 0 Å². The van der Waals surface area contributed by atoms with Crippen molar-refractivity contribution in [3.63, 3.8) is 0 Å². The van der Waals surface area contributed by atoms with Crippen molar-refractivity contribution in [2.24, 2.45) is 0 Å². The first-order valence-electron chi connectivity index (χ1n) is 8.63. The molecule has 26 heavy (non-hydrogen) atoms. The zero-order valence-corrected chi connectivity index (χ0v) is 15.7. The summed E-state index contributed by atoms with van der Waals surface area (Å²) in [5.74, 6) is -1.13. The van der Waals surface area contributed by atoms with E-state index in [2.05, 4.69) is 4.18 Å². The Kier molecular flexibility index (Phi) is 6.66. The third-order valence-corrected chi connectivity index (χ3v) is 4.63. The number of hydrogen-bond donors (Lipinski definition) is 2. The van der Waals surface area contributed by atoms with Crippen molar-refractivity contribution in [2.75, 3.05) is 0 Å². The van der Waals surface area contributed by atoms with E-state index in [1.165, 1.54) is 6.07 Å². The molecular weight excluding hydrogens is 360 g/mol. The predicted octanol–water partition coefficient (Wildman–Crippen LogP) is 3.35. The Balaban J connectivity index is 2.43. The molecule has 1 heterocycles. The first-order chi connectivity index (χ1) is 12.3. The molecule has 1 aliphatic rings. The van der Waals surface area contributed by atoms with Crippen LogP contribution in [0.5, 0.6) is 11.5 Å². The number of allylic oxidation sites excluding steroid dienone is 2. The number of phenolic OH excluding ortho intramolecular Hbond substituents is 1. The van der Waals surface area contributed by atoms with Gasteiger partial charge in [-0.25, -0.2) is 4.79 Å². The zero-order chi connectivity index (χ0) is 19.3. The number of ether oxygens (including phenoxy) is 1. The van der Waals surface area contributed by atoms with Crippen molar-refractivity contribution < 1.29 is 31.8 Å². The maximum absolute atomic E-state index is 12.4. The molecule has 144 valence electrons. The Labute approximate surface area is 153 Å². The minimum absolute atomic E-state index is 0.0427. The number of unbranched alkanes of at least 4 members (excludes halogenated alkanes) is 1. The second kappa shape index (κ2) is 8.55. The highest BCUT2D eigenvalue weighted by Crippen LogP contribution is 2.39. The highest BCUT2D eigenvalue weighted by Gasteiger charge is 2.32. The van der Waals surface area contributed by atoms with Gasteiger partial charge in [0.2, 0.25) is 0 Å². The molecule has 1 aromatic rings. The van der Waals surface area contributed by atoms with Crippen LogP contribution in [0.1, 0.15) is 61.0 Å². The molecule has 0 fully saturated rings. The Hall–Kier alpha value is -2.06. The first kappa shape index (κ1) is 20.3. The average molecular weight is 384 g/mol. The van der Waals surface area contributed by atoms with Crippen LogP contribution in [0.3, 0.4) is 0 Å². The summed E-state index contributed by atoms with van der Waals surface area (Å²) in [6.45, 7) is 3.83. The van der Waals surface area contributed by atoms with Crippen LogP contribution >= 0.6 is 0 Å². The summed E-state index contributed by atoms with van der Waals surface area (Å²) >= 11 is 0. The van der Waals surface area contributed by atoms with Crippen molar-refractivity contribution in [1.29, 1.82) is 0 Å². The summed E-state index contributed by atoms with van der Waals surface area (Å²) in [6.07, 6.45) is 6.92. The van der Waals surface area contributed by atoms with Crippen molar-refractivity contribution in [1.82, 2.24) is 0 Å². The number of hydrogen-bond acceptors (Lipinski definition) is 6. The molecule has 0 unspecified atom stereocenters. The lowest BCUT2D eigenvalue weighted by molar-refractivity contribution is 0.0236. The van der Waals surface area contributed by atoms with Gasteiger partial charge in [-0.05, 0) is 44.2 Å². The molecule has 0 aromatic heterocycles. The predicted molar refractivity (Wildman–Crippen MR) is 95.9 cm³/mol. The summed E-state index contributed by atoms with van der Waals surface area (Å²) in [5, 5.41) is 10.5. The summed E-state index contributed by atoms with van der Waals surface area (Å²) in [7, 11) is -4.75. The quantitative estimate of drug-likeness (QED) is 0.402. The standard InChI is InChI=1S/C18H24O7S/c1-3-5-7-8-13-10-12-11-15(25-26(21,22)23)14(9-6-4-2)17(19)16(12)18(20)24-13/h3,5,11,13,19H,4,6-10H2,1-2H3,(H,21,22,23)/b5-3+/t13-/m1/s1. The number of carbonyl (C=O) groups excluding carboxylic acids is 1. The van der Waals surface area contributed by atoms with Crippen molar-refractivity contribution in [3.05, 3.63) is 34.9 Å². The van der Waals surface area contributed by atoms with Crippen LogP contribution in [-0.2, 0) is 28.0 Å². The normalized spacial score (nSPS) is 17.2. The van der Waals surface area contributed by atoms with Gasteiger partial charge >= 0.3 is 16.4 Å². The third kappa shape index (κ3) is 4.98. The van der Waals surface area contributed by atoms with Gasteiger partial charge in [-0.2, -0.15) is 8.42 Å². The molecular formula is C18H24O7S. The first-order valence-corrected chi connectivity index (χ1v) is 10.00. The lowest BCUT2D eigenvalue weighted by atomic mass is 9.91. The fraction of sp³-hybridized carbons (Fsp3) is 0.500. The van der Waals surface area contributed by atoms with Gasteiger partial charge in [0.15, 0.2) is 5.75 Å². The van der Waals surface area contributed by atoms with Crippen LogP contribution in [0, 0.1) is 0 Å². The smallest absolute Gasteiger partial charge is 0.446 e. The number of phenols is 1. The van der Waals surface area contributed by atoms with Crippen molar-refractivity contribution in [3.8, 4) is 11.5 Å². The number of carbonyl (C=O) groups is 1. The van der Waals surface area contributed by atoms with E-state index in [1.54, 1.807) is 0 Å². The number of fused-ring (bicyclic) bond motifs is 1. The van der Waals surface area contributed by atoms with E-state index in [4.69, 9.17) is 9.29 Å². The molecule has 0 radical (unpaired) electrons. The van der Waals surface area contributed by atoms with Crippen LogP contribution in [0.2, 0.25) is 0 Å². The van der Waals surface area contributed by atoms with E-state index >= 15 is 0 Å². The van der Waals surface area contributed by atoms with Gasteiger partial charge in [0.25, 0.3) is 0 Å². The topological polar surface area (TPSA) is 110 Å². The van der Waals surface area contributed by atoms with Gasteiger partial charge in [-0.1, -0.05) is 25.5 Å². The third-order valence-electron chi connectivity index (χ3n) is 4.24. The van der Waals surface area contributed by atoms with E-state index in [1.807, 2.05) is 26.0 Å². The van der Waals surface area contributed by atoms with E-state index in [0.717, 1.165) is 12.8 Å². The minimum Gasteiger partial charge on any atom is -0.507 e. The Bertz CT molecular complexity index is 796. The number of aromatic hydroxyl groups is 1. The van der Waals surface area contributed by atoms with Gasteiger partial charge in [0.05, 0.1) is 0 Å². The molecule has 0 aliphatic carbocycles. The number of cyclic esters (lactones) is 1. The Morgan fingerprint density at radius 2 is 2.15 bits per heavy atom. The SMILES string of the molecule is C/C=C/CC[C@@H]1Cc2cc(OS(=O)(=O)O)c(CCCC)c(O)c2C(=O)O1. The average Bonchev–Trinajstić information content (AvgIpc) is 2.52. The van der Waals surface area contributed by atoms with Gasteiger partial charge in [0, 0.05) is 12.0 Å². The highest BCUT2D eigenvalue weighted by molar-refractivity contribution is 7.81. The van der Waals surface area contributed by atoms with Crippen LogP contribution in [-0.4, -0.2) is 30.2 Å². The van der Waals surface area contributed by atoms with Crippen LogP contribution in [0.15, 0.2) is 18.2 Å². The second-order valence-electron chi connectivity index (χ2n) is 6.23. The molecule has 7 nitrogen and oxygen atoms in total. The summed E-state index contributed by atoms with van der Waals surface area (Å²) in [6, 6.07) is 1.40. The summed E-state index contributed by atoms with van der Waals surface area (Å²) in [4.78, 5) is 12.4. The monoisotopic (exact) mass is 384 g/mol. The molecule has 0 saturated heterocycles. The molecule has 0 amide bonds. The van der Waals surface area contributed by atoms with E-state index < -0.39 is 16.4 Å². The van der Waals surface area contributed by atoms with Gasteiger partial charge in [-0.15, -0.1) is 0 Å². The number of benzene rings is 1. The van der Waals surface area contributed by atoms with E-state index in [-0.39, 0.29) is 28.7 Å². The number of esters is 1. The summed E-state index contributed by atoms with van der Waals surface area (Å²) < 4.78 is 41.4. The molecule has 1 aliphatic heterocycles. The molecule has 2 N–H and O–H groups in total. The largest absolute Gasteiger partial charge is 0.507 e. The molecule has 0 spiro atoms. The van der Waals surface area contributed by atoms with Crippen LogP contribution < -0.4 is 4.18 Å². The molecule has 1 aromatic carbocycles. The van der Waals surface area contributed by atoms with Crippen molar-refractivity contribution in [2.45, 2.75) is 58.5 Å². The van der Waals surface area contributed by atoms with Gasteiger partial charge in [0.1, 0.15) is 17.4 Å². The lowest BCUT2D eigenvalue weighted by Gasteiger charge is -2.26. The maximum atomic E-state index is 12.4. The molecule has 2 rings (SSSR count). The fourth-order valence-electron chi connectivity index (χ4n) is 3.02. The summed E-state index contributed by atoms with van der Waals surface area (Å²) in [5.41, 5.74) is 0.664. The fourth-order valence-corrected chi connectivity index (χ4v) is 3.39. The second-order valence-corrected chi connectivity index (χ2v) is 7.25. The van der Waals surface area contributed by atoms with E-state index in [0.29, 0.717) is 31.2 Å². The molecule has 8 heteroatoms. The Morgan fingerprint density at radius 1 is 1.42 bits per heavy atom. The molecule has 0 saturated carbocycles. The molecule has 0 bridgehead atoms. The minimum atomic E-state index is -4.75. The maximum Gasteiger partial charge on any atom is 0.446 e. The Morgan fingerprint density at radius 3 is 2.77 bits per heavy atom.